The number of halogens is 4. The van der Waals surface area contributed by atoms with Gasteiger partial charge < -0.3 is 0 Å². The number of hydrazine groups is 1. The first kappa shape index (κ1) is 14.8. The predicted molar refractivity (Wildman–Crippen MR) is 71.5 cm³/mol. The Morgan fingerprint density at radius 3 is 2.45 bits per heavy atom. The zero-order valence-corrected chi connectivity index (χ0v) is 11.1. The normalized spacial score (nSPS) is 12.4. The highest BCUT2D eigenvalue weighted by atomic mass is 35.5. The molecule has 1 unspecified atom stereocenters. The SMILES string of the molecule is NNC(Cc1ccc(F)cc1F)c1cc(Cl)ccc1F. The quantitative estimate of drug-likeness (QED) is 0.670. The van der Waals surface area contributed by atoms with Gasteiger partial charge in [0.15, 0.2) is 0 Å². The molecule has 3 N–H and O–H groups in total. The summed E-state index contributed by atoms with van der Waals surface area (Å²) in [5.41, 5.74) is 2.87. The Morgan fingerprint density at radius 2 is 1.80 bits per heavy atom. The lowest BCUT2D eigenvalue weighted by Crippen LogP contribution is -2.30. The summed E-state index contributed by atoms with van der Waals surface area (Å²) in [6, 6.07) is 6.58. The Hall–Kier alpha value is -1.56. The maximum atomic E-state index is 13.8. The molecular formula is C14H12ClF3N2. The van der Waals surface area contributed by atoms with E-state index in [0.717, 1.165) is 12.1 Å². The zero-order chi connectivity index (χ0) is 14.7. The van der Waals surface area contributed by atoms with Crippen molar-refractivity contribution in [1.82, 2.24) is 5.43 Å². The minimum Gasteiger partial charge on any atom is -0.271 e. The molecule has 0 radical (unpaired) electrons. The molecule has 0 spiro atoms. The molecule has 1 atom stereocenters. The van der Waals surface area contributed by atoms with Crippen LogP contribution < -0.4 is 11.3 Å². The van der Waals surface area contributed by atoms with Crippen LogP contribution >= 0.6 is 11.6 Å². The van der Waals surface area contributed by atoms with E-state index in [1.165, 1.54) is 24.3 Å². The van der Waals surface area contributed by atoms with E-state index < -0.39 is 23.5 Å². The smallest absolute Gasteiger partial charge is 0.129 e. The summed E-state index contributed by atoms with van der Waals surface area (Å²) in [5, 5.41) is 0.348. The van der Waals surface area contributed by atoms with Crippen molar-refractivity contribution in [2.45, 2.75) is 12.5 Å². The summed E-state index contributed by atoms with van der Waals surface area (Å²) in [7, 11) is 0. The topological polar surface area (TPSA) is 38.0 Å². The van der Waals surface area contributed by atoms with Crippen LogP contribution in [-0.4, -0.2) is 0 Å². The average Bonchev–Trinajstić information content (AvgIpc) is 2.41. The molecule has 0 aliphatic carbocycles. The van der Waals surface area contributed by atoms with Crippen LogP contribution in [0.2, 0.25) is 5.02 Å². The summed E-state index contributed by atoms with van der Waals surface area (Å²) in [6.07, 6.45) is 0.0693. The van der Waals surface area contributed by atoms with Gasteiger partial charge in [0.05, 0.1) is 6.04 Å². The number of nitrogens with two attached hydrogens (primary N) is 1. The third-order valence-electron chi connectivity index (χ3n) is 2.97. The van der Waals surface area contributed by atoms with Crippen LogP contribution in [0.5, 0.6) is 0 Å². The molecule has 0 fully saturated rings. The van der Waals surface area contributed by atoms with Crippen LogP contribution in [-0.2, 0) is 6.42 Å². The van der Waals surface area contributed by atoms with Gasteiger partial charge in [-0.1, -0.05) is 17.7 Å². The Kier molecular flexibility index (Phi) is 4.65. The van der Waals surface area contributed by atoms with E-state index in [0.29, 0.717) is 5.02 Å². The Bertz CT molecular complexity index is 619. The molecule has 0 aliphatic heterocycles. The third-order valence-corrected chi connectivity index (χ3v) is 3.21. The van der Waals surface area contributed by atoms with Crippen molar-refractivity contribution >= 4 is 11.6 Å². The molecule has 20 heavy (non-hydrogen) atoms. The summed E-state index contributed by atoms with van der Waals surface area (Å²) < 4.78 is 40.2. The predicted octanol–water partition coefficient (Wildman–Crippen LogP) is 3.50. The number of hydrogen-bond acceptors (Lipinski definition) is 2. The second kappa shape index (κ2) is 6.26. The Balaban J connectivity index is 2.31. The molecule has 0 aromatic heterocycles. The van der Waals surface area contributed by atoms with Crippen molar-refractivity contribution in [3.8, 4) is 0 Å². The van der Waals surface area contributed by atoms with Crippen LogP contribution in [0.4, 0.5) is 13.2 Å². The maximum absolute atomic E-state index is 13.8. The van der Waals surface area contributed by atoms with Gasteiger partial charge in [0.2, 0.25) is 0 Å². The fourth-order valence-electron chi connectivity index (χ4n) is 1.95. The van der Waals surface area contributed by atoms with E-state index in [2.05, 4.69) is 5.43 Å². The molecule has 6 heteroatoms. The van der Waals surface area contributed by atoms with Crippen LogP contribution in [0.25, 0.3) is 0 Å². The van der Waals surface area contributed by atoms with Crippen LogP contribution in [0.1, 0.15) is 17.2 Å². The first-order valence-electron chi connectivity index (χ1n) is 5.86. The van der Waals surface area contributed by atoms with Crippen LogP contribution in [0, 0.1) is 17.5 Å². The number of rotatable bonds is 4. The van der Waals surface area contributed by atoms with Crippen molar-refractivity contribution in [3.05, 3.63) is 70.0 Å². The molecule has 0 amide bonds. The lowest BCUT2D eigenvalue weighted by molar-refractivity contribution is 0.495. The molecule has 2 aromatic carbocycles. The second-order valence-electron chi connectivity index (χ2n) is 4.32. The monoisotopic (exact) mass is 300 g/mol. The molecule has 2 aromatic rings. The van der Waals surface area contributed by atoms with Gasteiger partial charge in [-0.15, -0.1) is 0 Å². The molecule has 0 aliphatic rings. The first-order chi connectivity index (χ1) is 9.51. The van der Waals surface area contributed by atoms with Gasteiger partial charge in [-0.3, -0.25) is 11.3 Å². The van der Waals surface area contributed by atoms with Crippen molar-refractivity contribution in [3.63, 3.8) is 0 Å². The molecule has 2 nitrogen and oxygen atoms in total. The molecule has 2 rings (SSSR count). The minimum atomic E-state index is -0.701. The van der Waals surface area contributed by atoms with Gasteiger partial charge in [0, 0.05) is 16.7 Å². The molecule has 0 saturated carbocycles. The highest BCUT2D eigenvalue weighted by Crippen LogP contribution is 2.25. The van der Waals surface area contributed by atoms with E-state index in [1.807, 2.05) is 0 Å². The van der Waals surface area contributed by atoms with Gasteiger partial charge in [0.25, 0.3) is 0 Å². The summed E-state index contributed by atoms with van der Waals surface area (Å²) in [5.74, 6) is 3.52. The van der Waals surface area contributed by atoms with Gasteiger partial charge in [0.1, 0.15) is 17.5 Å². The van der Waals surface area contributed by atoms with Crippen LogP contribution in [0.3, 0.4) is 0 Å². The fourth-order valence-corrected chi connectivity index (χ4v) is 2.13. The second-order valence-corrected chi connectivity index (χ2v) is 4.76. The largest absolute Gasteiger partial charge is 0.271 e. The highest BCUT2D eigenvalue weighted by molar-refractivity contribution is 6.30. The Morgan fingerprint density at radius 1 is 1.05 bits per heavy atom. The molecule has 0 heterocycles. The molecule has 0 bridgehead atoms. The van der Waals surface area contributed by atoms with Gasteiger partial charge in [-0.25, -0.2) is 13.2 Å². The lowest BCUT2D eigenvalue weighted by Gasteiger charge is -2.18. The van der Waals surface area contributed by atoms with Gasteiger partial charge >= 0.3 is 0 Å². The lowest BCUT2D eigenvalue weighted by atomic mass is 9.98. The van der Waals surface area contributed by atoms with Crippen molar-refractivity contribution < 1.29 is 13.2 Å². The van der Waals surface area contributed by atoms with E-state index in [-0.39, 0.29) is 17.5 Å². The molecule has 106 valence electrons. The first-order valence-corrected chi connectivity index (χ1v) is 6.24. The zero-order valence-electron chi connectivity index (χ0n) is 10.3. The third kappa shape index (κ3) is 3.30. The number of hydrogen-bond donors (Lipinski definition) is 2. The Labute approximate surface area is 119 Å². The van der Waals surface area contributed by atoms with Crippen LogP contribution in [0.15, 0.2) is 36.4 Å². The standard InChI is InChI=1S/C14H12ClF3N2/c15-9-2-4-12(17)11(6-9)14(20-19)5-8-1-3-10(16)7-13(8)18/h1-4,6-7,14,20H,5,19H2. The minimum absolute atomic E-state index is 0.0693. The van der Waals surface area contributed by atoms with Crippen molar-refractivity contribution in [2.24, 2.45) is 5.84 Å². The van der Waals surface area contributed by atoms with E-state index in [9.17, 15) is 13.2 Å². The van der Waals surface area contributed by atoms with Crippen molar-refractivity contribution in [1.29, 1.82) is 0 Å². The fraction of sp³-hybridized carbons (Fsp3) is 0.143. The molecule has 0 saturated heterocycles. The number of benzene rings is 2. The van der Waals surface area contributed by atoms with E-state index >= 15 is 0 Å². The van der Waals surface area contributed by atoms with Gasteiger partial charge in [-0.05, 0) is 36.2 Å². The van der Waals surface area contributed by atoms with E-state index in [4.69, 9.17) is 17.4 Å². The maximum Gasteiger partial charge on any atom is 0.129 e. The highest BCUT2D eigenvalue weighted by Gasteiger charge is 2.17. The summed E-state index contributed by atoms with van der Waals surface area (Å²) in [4.78, 5) is 0. The number of nitrogens with one attached hydrogen (secondary N) is 1. The average molecular weight is 301 g/mol. The van der Waals surface area contributed by atoms with E-state index in [1.54, 1.807) is 0 Å². The van der Waals surface area contributed by atoms with Crippen molar-refractivity contribution in [2.75, 3.05) is 0 Å². The molecular weight excluding hydrogens is 289 g/mol. The summed E-state index contributed by atoms with van der Waals surface area (Å²) >= 11 is 5.81. The summed E-state index contributed by atoms with van der Waals surface area (Å²) in [6.45, 7) is 0. The van der Waals surface area contributed by atoms with Gasteiger partial charge in [-0.2, -0.15) is 0 Å².